The summed E-state index contributed by atoms with van der Waals surface area (Å²) in [4.78, 5) is 53.8. The van der Waals surface area contributed by atoms with Gasteiger partial charge in [-0.1, -0.05) is 69.0 Å². The van der Waals surface area contributed by atoms with Gasteiger partial charge >= 0.3 is 0 Å². The van der Waals surface area contributed by atoms with Crippen molar-refractivity contribution in [2.75, 3.05) is 121 Å². The number of carbonyl (C=O) groups is 3. The highest BCUT2D eigenvalue weighted by molar-refractivity contribution is 6.11. The second kappa shape index (κ2) is 24.4. The second-order valence-electron chi connectivity index (χ2n) is 18.3. The molecule has 3 amide bonds. The van der Waals surface area contributed by atoms with E-state index in [1.165, 1.54) is 48.8 Å². The highest BCUT2D eigenvalue weighted by atomic mass is 16.6. The molecule has 2 atom stereocenters. The topological polar surface area (TPSA) is 165 Å². The predicted octanol–water partition coefficient (Wildman–Crippen LogP) is 6.22. The first-order chi connectivity index (χ1) is 32.9. The number of nitrogens with zero attached hydrogens (tertiary/aromatic N) is 6. The van der Waals surface area contributed by atoms with Gasteiger partial charge in [-0.15, -0.1) is 0 Å². The van der Waals surface area contributed by atoms with Gasteiger partial charge in [0.05, 0.1) is 76.1 Å². The average molecular weight is 922 g/mol. The highest BCUT2D eigenvalue weighted by Crippen LogP contribution is 2.46. The molecule has 0 bridgehead atoms. The molecule has 2 saturated heterocycles. The molecule has 0 radical (unpaired) electrons. The van der Waals surface area contributed by atoms with Crippen molar-refractivity contribution in [1.29, 1.82) is 0 Å². The first kappa shape index (κ1) is 48.5. The molecule has 16 nitrogen and oxygen atoms in total. The zero-order chi connectivity index (χ0) is 46.4. The summed E-state index contributed by atoms with van der Waals surface area (Å²) in [6, 6.07) is 15.3. The molecule has 3 N–H and O–H groups in total. The SMILES string of the molecule is CCCCNc1ncc2c(-c3ccc(CN4CCN(CCOCCOCCOCCOCCNc5cccc6c5N(C)C(=O)C6C5CCC(=O)NC5=O)CC4)cc3)cn(C3CCCCC3)c2n1. The zero-order valence-electron chi connectivity index (χ0n) is 39.6. The number of aromatic nitrogens is 3. The molecule has 2 aromatic carbocycles. The Balaban J connectivity index is 0.650. The lowest BCUT2D eigenvalue weighted by Crippen LogP contribution is -2.46. The van der Waals surface area contributed by atoms with E-state index in [0.29, 0.717) is 71.9 Å². The minimum Gasteiger partial charge on any atom is -0.381 e. The fourth-order valence-corrected chi connectivity index (χ4v) is 9.99. The molecule has 8 rings (SSSR count). The number of ether oxygens (including phenoxy) is 4. The van der Waals surface area contributed by atoms with Crippen molar-refractivity contribution < 1.29 is 33.3 Å². The molecule has 4 aliphatic rings. The molecule has 1 saturated carbocycles. The fourth-order valence-electron chi connectivity index (χ4n) is 9.99. The predicted molar refractivity (Wildman–Crippen MR) is 260 cm³/mol. The van der Waals surface area contributed by atoms with Gasteiger partial charge in [-0.05, 0) is 48.4 Å². The molecule has 2 unspecified atom stereocenters. The number of hydrogen-bond acceptors (Lipinski definition) is 13. The van der Waals surface area contributed by atoms with Crippen LogP contribution in [0.5, 0.6) is 0 Å². The van der Waals surface area contributed by atoms with Crippen LogP contribution >= 0.6 is 0 Å². The van der Waals surface area contributed by atoms with Crippen molar-refractivity contribution in [1.82, 2.24) is 29.7 Å². The summed E-state index contributed by atoms with van der Waals surface area (Å²) in [5, 5.41) is 10.3. The highest BCUT2D eigenvalue weighted by Gasteiger charge is 2.46. The smallest absolute Gasteiger partial charge is 0.235 e. The van der Waals surface area contributed by atoms with E-state index in [1.54, 1.807) is 11.9 Å². The van der Waals surface area contributed by atoms with E-state index in [-0.39, 0.29) is 24.1 Å². The number of nitrogens with one attached hydrogen (secondary N) is 3. The van der Waals surface area contributed by atoms with E-state index in [2.05, 4.69) is 67.7 Å². The lowest BCUT2D eigenvalue weighted by molar-refractivity contribution is -0.139. The zero-order valence-corrected chi connectivity index (χ0v) is 39.6. The van der Waals surface area contributed by atoms with Crippen LogP contribution in [0.25, 0.3) is 22.2 Å². The molecule has 5 heterocycles. The Morgan fingerprint density at radius 3 is 2.19 bits per heavy atom. The Morgan fingerprint density at radius 1 is 0.776 bits per heavy atom. The quantitative estimate of drug-likeness (QED) is 0.0508. The lowest BCUT2D eigenvalue weighted by atomic mass is 9.81. The van der Waals surface area contributed by atoms with Crippen LogP contribution in [0.1, 0.15) is 87.8 Å². The molecule has 67 heavy (non-hydrogen) atoms. The lowest BCUT2D eigenvalue weighted by Gasteiger charge is -2.34. The molecule has 3 fully saturated rings. The summed E-state index contributed by atoms with van der Waals surface area (Å²) in [6.07, 6.45) is 13.5. The summed E-state index contributed by atoms with van der Waals surface area (Å²) in [7, 11) is 1.73. The molecular weight excluding hydrogens is 851 g/mol. The Labute approximate surface area is 395 Å². The summed E-state index contributed by atoms with van der Waals surface area (Å²) in [5.41, 5.74) is 7.21. The molecule has 0 spiro atoms. The summed E-state index contributed by atoms with van der Waals surface area (Å²) in [6.45, 7) is 13.8. The van der Waals surface area contributed by atoms with Crippen LogP contribution in [-0.4, -0.2) is 148 Å². The number of rotatable bonds is 25. The van der Waals surface area contributed by atoms with Crippen molar-refractivity contribution in [3.05, 3.63) is 66.0 Å². The van der Waals surface area contributed by atoms with Crippen LogP contribution < -0.4 is 20.9 Å². The number of amides is 3. The van der Waals surface area contributed by atoms with E-state index in [9.17, 15) is 14.4 Å². The van der Waals surface area contributed by atoms with Gasteiger partial charge in [0.2, 0.25) is 23.7 Å². The normalized spacial score (nSPS) is 19.6. The average Bonchev–Trinajstić information content (AvgIpc) is 3.85. The maximum atomic E-state index is 13.2. The van der Waals surface area contributed by atoms with Crippen LogP contribution in [0.4, 0.5) is 17.3 Å². The van der Waals surface area contributed by atoms with Gasteiger partial charge in [0.15, 0.2) is 0 Å². The number of unbranched alkanes of at least 4 members (excludes halogenated alkanes) is 1. The molecule has 362 valence electrons. The number of hydrogen-bond donors (Lipinski definition) is 3. The first-order valence-electron chi connectivity index (χ1n) is 24.8. The molecule has 4 aromatic rings. The Hall–Kier alpha value is -4.97. The van der Waals surface area contributed by atoms with Crippen molar-refractivity contribution in [3.8, 4) is 11.1 Å². The number of imide groups is 1. The minimum absolute atomic E-state index is 0.134. The van der Waals surface area contributed by atoms with Crippen LogP contribution in [-0.2, 0) is 39.9 Å². The summed E-state index contributed by atoms with van der Waals surface area (Å²) >= 11 is 0. The van der Waals surface area contributed by atoms with E-state index in [1.807, 2.05) is 24.4 Å². The van der Waals surface area contributed by atoms with E-state index in [4.69, 9.17) is 28.9 Å². The van der Waals surface area contributed by atoms with Crippen molar-refractivity contribution >= 4 is 46.1 Å². The monoisotopic (exact) mass is 922 g/mol. The largest absolute Gasteiger partial charge is 0.381 e. The fraction of sp³-hybridized carbons (Fsp3) is 0.588. The van der Waals surface area contributed by atoms with Gasteiger partial charge in [0.1, 0.15) is 5.65 Å². The third-order valence-electron chi connectivity index (χ3n) is 13.7. The Morgan fingerprint density at radius 2 is 1.48 bits per heavy atom. The van der Waals surface area contributed by atoms with Gasteiger partial charge in [-0.3, -0.25) is 29.5 Å². The van der Waals surface area contributed by atoms with Crippen LogP contribution in [0.15, 0.2) is 54.9 Å². The summed E-state index contributed by atoms with van der Waals surface area (Å²) in [5.74, 6) is -1.22. The second-order valence-corrected chi connectivity index (χ2v) is 18.3. The third-order valence-corrected chi connectivity index (χ3v) is 13.7. The van der Waals surface area contributed by atoms with Gasteiger partial charge in [0.25, 0.3) is 0 Å². The van der Waals surface area contributed by atoms with Gasteiger partial charge < -0.3 is 39.0 Å². The van der Waals surface area contributed by atoms with Gasteiger partial charge in [-0.25, -0.2) is 4.98 Å². The number of anilines is 3. The van der Waals surface area contributed by atoms with Crippen LogP contribution in [0.2, 0.25) is 0 Å². The minimum atomic E-state index is -0.595. The molecule has 2 aromatic heterocycles. The summed E-state index contributed by atoms with van der Waals surface area (Å²) < 4.78 is 25.4. The van der Waals surface area contributed by atoms with Gasteiger partial charge in [-0.2, -0.15) is 4.98 Å². The number of likely N-dealkylation sites (N-methyl/N-ethyl adjacent to an activating group) is 1. The third kappa shape index (κ3) is 12.6. The number of piperidine rings is 1. The molecular formula is C51H71N9O7. The van der Waals surface area contributed by atoms with Crippen LogP contribution in [0.3, 0.4) is 0 Å². The van der Waals surface area contributed by atoms with E-state index >= 15 is 0 Å². The maximum absolute atomic E-state index is 13.2. The van der Waals surface area contributed by atoms with Gasteiger partial charge in [0, 0.05) is 95.2 Å². The maximum Gasteiger partial charge on any atom is 0.235 e. The number of piperazine rings is 1. The molecule has 16 heteroatoms. The van der Waals surface area contributed by atoms with Crippen molar-refractivity contribution in [2.24, 2.45) is 5.92 Å². The Kier molecular flexibility index (Phi) is 17.6. The van der Waals surface area contributed by atoms with E-state index < -0.39 is 11.8 Å². The van der Waals surface area contributed by atoms with E-state index in [0.717, 1.165) is 92.6 Å². The number of para-hydroxylation sites is 1. The van der Waals surface area contributed by atoms with Crippen LogP contribution in [0, 0.1) is 5.92 Å². The molecule has 3 aliphatic heterocycles. The Bertz CT molecular complexity index is 2240. The number of fused-ring (bicyclic) bond motifs is 2. The van der Waals surface area contributed by atoms with Crippen molar-refractivity contribution in [2.45, 2.75) is 83.2 Å². The van der Waals surface area contributed by atoms with Crippen molar-refractivity contribution in [3.63, 3.8) is 0 Å². The number of benzene rings is 2. The standard InChI is InChI=1S/C51H71N9O7/c1-3-4-19-53-51-54-34-42-43(36-60(48(42)56-51)39-9-6-5-7-10-39)38-15-13-37(14-16-38)35-59-23-21-58(22-24-59)25-27-65-29-31-67-33-32-66-30-28-64-26-20-52-44-12-8-11-40-46(50(63)57(2)47(40)44)41-17-18-45(61)55-49(41)62/h8,11-16,34,36,39,41,46,52H,3-7,9-10,17-33,35H2,1-2H3,(H,53,54,56)(H,55,61,62). The first-order valence-corrected chi connectivity index (χ1v) is 24.8. The number of carbonyl (C=O) groups excluding carboxylic acids is 3. The molecule has 1 aliphatic carbocycles.